The van der Waals surface area contributed by atoms with Crippen LogP contribution in [0.5, 0.6) is 0 Å². The van der Waals surface area contributed by atoms with E-state index in [-0.39, 0.29) is 5.69 Å². The molecule has 15 heavy (non-hydrogen) atoms. The van der Waals surface area contributed by atoms with E-state index in [0.29, 0.717) is 16.5 Å². The van der Waals surface area contributed by atoms with Crippen molar-refractivity contribution in [2.24, 2.45) is 0 Å². The number of rotatable bonds is 2. The Morgan fingerprint density at radius 2 is 2.47 bits per heavy atom. The van der Waals surface area contributed by atoms with Crippen molar-refractivity contribution in [1.29, 1.82) is 0 Å². The van der Waals surface area contributed by atoms with Crippen molar-refractivity contribution in [2.75, 3.05) is 11.1 Å². The Balaban J connectivity index is 2.19. The lowest BCUT2D eigenvalue weighted by Crippen LogP contribution is -2.14. The molecule has 0 fully saturated rings. The number of nitrogens with one attached hydrogen (secondary N) is 2. The number of hydrogen-bond acceptors (Lipinski definition) is 6. The molecule has 0 saturated carbocycles. The number of anilines is 2. The number of aryl methyl sites for hydroxylation is 1. The summed E-state index contributed by atoms with van der Waals surface area (Å²) in [5.74, 6) is -0.395. The zero-order valence-corrected chi connectivity index (χ0v) is 8.63. The minimum absolute atomic E-state index is 0.169. The summed E-state index contributed by atoms with van der Waals surface area (Å²) in [6.45, 7) is 1.74. The monoisotopic (exact) mass is 224 g/mol. The van der Waals surface area contributed by atoms with Crippen LogP contribution < -0.4 is 11.1 Å². The minimum Gasteiger partial charge on any atom is -0.395 e. The van der Waals surface area contributed by atoms with Crippen LogP contribution in [0.1, 0.15) is 16.2 Å². The van der Waals surface area contributed by atoms with E-state index in [1.165, 1.54) is 16.8 Å². The Hall–Kier alpha value is -1.96. The van der Waals surface area contributed by atoms with Crippen molar-refractivity contribution in [3.63, 3.8) is 0 Å². The lowest BCUT2D eigenvalue weighted by Gasteiger charge is -1.97. The number of hydrogen-bond donors (Lipinski definition) is 3. The van der Waals surface area contributed by atoms with Crippen LogP contribution in [-0.4, -0.2) is 26.3 Å². The second-order valence-corrected chi connectivity index (χ2v) is 3.64. The Morgan fingerprint density at radius 1 is 1.67 bits per heavy atom. The molecule has 0 bridgehead atoms. The third-order valence-corrected chi connectivity index (χ3v) is 2.40. The Morgan fingerprint density at radius 3 is 3.00 bits per heavy atom. The van der Waals surface area contributed by atoms with Crippen molar-refractivity contribution >= 4 is 28.1 Å². The van der Waals surface area contributed by atoms with Crippen LogP contribution in [0.2, 0.25) is 0 Å². The zero-order valence-electron chi connectivity index (χ0n) is 7.81. The van der Waals surface area contributed by atoms with Gasteiger partial charge in [-0.1, -0.05) is 11.3 Å². The molecule has 7 nitrogen and oxygen atoms in total. The third kappa shape index (κ3) is 1.79. The van der Waals surface area contributed by atoms with Gasteiger partial charge in [-0.2, -0.15) is 5.10 Å². The SMILES string of the molecule is Cc1[nH]nc(C(=O)Nc2nncs2)c1N. The minimum atomic E-state index is -0.395. The van der Waals surface area contributed by atoms with E-state index in [9.17, 15) is 4.79 Å². The molecule has 4 N–H and O–H groups in total. The molecule has 0 aromatic carbocycles. The van der Waals surface area contributed by atoms with E-state index in [4.69, 9.17) is 5.73 Å². The van der Waals surface area contributed by atoms with Gasteiger partial charge in [0.25, 0.3) is 5.91 Å². The van der Waals surface area contributed by atoms with Crippen molar-refractivity contribution in [2.45, 2.75) is 6.92 Å². The first-order valence-electron chi connectivity index (χ1n) is 4.06. The standard InChI is InChI=1S/C7H8N6OS/c1-3-4(8)5(12-11-3)6(14)10-7-13-9-2-15-7/h2H,8H2,1H3,(H,11,12)(H,10,13,14). The highest BCUT2D eigenvalue weighted by molar-refractivity contribution is 7.13. The second-order valence-electron chi connectivity index (χ2n) is 2.81. The summed E-state index contributed by atoms with van der Waals surface area (Å²) in [5, 5.41) is 16.6. The fourth-order valence-electron chi connectivity index (χ4n) is 0.995. The third-order valence-electron chi connectivity index (χ3n) is 1.79. The summed E-state index contributed by atoms with van der Waals surface area (Å²) in [6.07, 6.45) is 0. The molecule has 0 aliphatic rings. The van der Waals surface area contributed by atoms with Gasteiger partial charge in [-0.3, -0.25) is 15.2 Å². The molecule has 0 aliphatic heterocycles. The molecule has 8 heteroatoms. The van der Waals surface area contributed by atoms with Gasteiger partial charge in [-0.15, -0.1) is 10.2 Å². The van der Waals surface area contributed by atoms with Crippen LogP contribution >= 0.6 is 11.3 Å². The van der Waals surface area contributed by atoms with E-state index >= 15 is 0 Å². The van der Waals surface area contributed by atoms with E-state index in [0.717, 1.165) is 0 Å². The Kier molecular flexibility index (Phi) is 2.34. The Bertz CT molecular complexity index is 476. The number of carbonyl (C=O) groups excluding carboxylic acids is 1. The van der Waals surface area contributed by atoms with Gasteiger partial charge >= 0.3 is 0 Å². The molecule has 78 valence electrons. The quantitative estimate of drug-likeness (QED) is 0.684. The van der Waals surface area contributed by atoms with Crippen LogP contribution in [0, 0.1) is 6.92 Å². The van der Waals surface area contributed by atoms with Gasteiger partial charge < -0.3 is 5.73 Å². The second kappa shape index (κ2) is 3.65. The maximum absolute atomic E-state index is 11.6. The van der Waals surface area contributed by atoms with Crippen LogP contribution in [0.3, 0.4) is 0 Å². The maximum Gasteiger partial charge on any atom is 0.280 e. The van der Waals surface area contributed by atoms with Crippen molar-refractivity contribution < 1.29 is 4.79 Å². The number of amides is 1. The first kappa shape index (κ1) is 9.59. The normalized spacial score (nSPS) is 10.2. The number of nitrogens with two attached hydrogens (primary N) is 1. The maximum atomic E-state index is 11.6. The summed E-state index contributed by atoms with van der Waals surface area (Å²) in [5.41, 5.74) is 8.35. The average Bonchev–Trinajstić information content (AvgIpc) is 2.79. The number of aromatic nitrogens is 4. The molecule has 0 saturated heterocycles. The molecular formula is C7H8N6OS. The molecule has 0 radical (unpaired) electrons. The van der Waals surface area contributed by atoms with Crippen LogP contribution in [-0.2, 0) is 0 Å². The highest BCUT2D eigenvalue weighted by Gasteiger charge is 2.16. The molecule has 0 unspecified atom stereocenters. The molecule has 2 aromatic rings. The number of H-pyrrole nitrogens is 1. The number of nitrogen functional groups attached to an aromatic ring is 1. The Labute approximate surface area is 88.7 Å². The first-order valence-corrected chi connectivity index (χ1v) is 4.94. The summed E-state index contributed by atoms with van der Waals surface area (Å²) in [7, 11) is 0. The lowest BCUT2D eigenvalue weighted by molar-refractivity contribution is 0.102. The van der Waals surface area contributed by atoms with E-state index in [1.54, 1.807) is 6.92 Å². The van der Waals surface area contributed by atoms with Gasteiger partial charge in [-0.25, -0.2) is 0 Å². The van der Waals surface area contributed by atoms with Crippen LogP contribution in [0.4, 0.5) is 10.8 Å². The van der Waals surface area contributed by atoms with E-state index in [2.05, 4.69) is 25.7 Å². The number of aromatic amines is 1. The molecule has 2 rings (SSSR count). The van der Waals surface area contributed by atoms with Crippen molar-refractivity contribution in [3.8, 4) is 0 Å². The van der Waals surface area contributed by atoms with Crippen molar-refractivity contribution in [3.05, 3.63) is 16.9 Å². The van der Waals surface area contributed by atoms with Gasteiger partial charge in [0.15, 0.2) is 5.69 Å². The predicted molar refractivity (Wildman–Crippen MR) is 55.6 cm³/mol. The van der Waals surface area contributed by atoms with Crippen molar-refractivity contribution in [1.82, 2.24) is 20.4 Å². The largest absolute Gasteiger partial charge is 0.395 e. The summed E-state index contributed by atoms with van der Waals surface area (Å²) >= 11 is 1.23. The molecule has 0 aliphatic carbocycles. The smallest absolute Gasteiger partial charge is 0.280 e. The zero-order chi connectivity index (χ0) is 10.8. The predicted octanol–water partition coefficient (Wildman–Crippen LogP) is 0.404. The van der Waals surface area contributed by atoms with E-state index < -0.39 is 5.91 Å². The lowest BCUT2D eigenvalue weighted by atomic mass is 10.3. The average molecular weight is 224 g/mol. The van der Waals surface area contributed by atoms with Crippen LogP contribution in [0.25, 0.3) is 0 Å². The summed E-state index contributed by atoms with van der Waals surface area (Å²) in [6, 6.07) is 0. The highest BCUT2D eigenvalue weighted by atomic mass is 32.1. The fraction of sp³-hybridized carbons (Fsp3) is 0.143. The van der Waals surface area contributed by atoms with E-state index in [1.807, 2.05) is 0 Å². The molecule has 2 aromatic heterocycles. The molecule has 0 atom stereocenters. The highest BCUT2D eigenvalue weighted by Crippen LogP contribution is 2.15. The summed E-state index contributed by atoms with van der Waals surface area (Å²) < 4.78 is 0. The molecular weight excluding hydrogens is 216 g/mol. The van der Waals surface area contributed by atoms with Gasteiger partial charge in [0.05, 0.1) is 11.4 Å². The van der Waals surface area contributed by atoms with Gasteiger partial charge in [0.2, 0.25) is 5.13 Å². The van der Waals surface area contributed by atoms with Gasteiger partial charge in [0, 0.05) is 0 Å². The first-order chi connectivity index (χ1) is 7.18. The topological polar surface area (TPSA) is 110 Å². The molecule has 0 spiro atoms. The fourth-order valence-corrected chi connectivity index (χ4v) is 1.43. The van der Waals surface area contributed by atoms with Gasteiger partial charge in [-0.05, 0) is 6.92 Å². The number of nitrogens with zero attached hydrogens (tertiary/aromatic N) is 3. The molecule has 1 amide bonds. The van der Waals surface area contributed by atoms with Gasteiger partial charge in [0.1, 0.15) is 5.51 Å². The summed E-state index contributed by atoms with van der Waals surface area (Å²) in [4.78, 5) is 11.6. The molecule has 2 heterocycles. The van der Waals surface area contributed by atoms with Crippen LogP contribution in [0.15, 0.2) is 5.51 Å². The number of carbonyl (C=O) groups is 1.